The summed E-state index contributed by atoms with van der Waals surface area (Å²) in [5.74, 6) is -0.271. The van der Waals surface area contributed by atoms with Crippen LogP contribution in [-0.4, -0.2) is 17.4 Å². The molecule has 0 fully saturated rings. The van der Waals surface area contributed by atoms with Gasteiger partial charge in [0.2, 0.25) is 0 Å². The molecule has 0 aliphatic carbocycles. The van der Waals surface area contributed by atoms with Crippen molar-refractivity contribution in [1.29, 1.82) is 0 Å². The molecule has 5 heteroatoms. The summed E-state index contributed by atoms with van der Waals surface area (Å²) in [4.78, 5) is 22.5. The maximum absolute atomic E-state index is 12.0. The van der Waals surface area contributed by atoms with Crippen LogP contribution in [-0.2, 0) is 6.42 Å². The van der Waals surface area contributed by atoms with Gasteiger partial charge in [-0.15, -0.1) is 0 Å². The largest absolute Gasteiger partial charge is 0.352 e. The van der Waals surface area contributed by atoms with Gasteiger partial charge in [0.05, 0.1) is 4.92 Å². The Hall–Kier alpha value is -2.69. The molecule has 0 aliphatic heterocycles. The Labute approximate surface area is 135 Å². The summed E-state index contributed by atoms with van der Waals surface area (Å²) in [6, 6.07) is 14.7. The van der Waals surface area contributed by atoms with Crippen LogP contribution < -0.4 is 5.32 Å². The maximum Gasteiger partial charge on any atom is 0.273 e. The Bertz CT molecular complexity index is 684. The molecular formula is C18H20N2O3. The van der Waals surface area contributed by atoms with Gasteiger partial charge in [-0.05, 0) is 37.8 Å². The summed E-state index contributed by atoms with van der Waals surface area (Å²) < 4.78 is 0. The molecule has 1 N–H and O–H groups in total. The van der Waals surface area contributed by atoms with E-state index in [4.69, 9.17) is 0 Å². The Balaban J connectivity index is 1.79. The van der Waals surface area contributed by atoms with Gasteiger partial charge >= 0.3 is 0 Å². The molecule has 120 valence electrons. The minimum atomic E-state index is -0.466. The number of nitrogens with one attached hydrogen (secondary N) is 1. The molecule has 0 aliphatic rings. The summed E-state index contributed by atoms with van der Waals surface area (Å²) in [6.45, 7) is 2.22. The third-order valence-electron chi connectivity index (χ3n) is 3.69. The Kier molecular flexibility index (Phi) is 5.86. The van der Waals surface area contributed by atoms with E-state index in [1.807, 2.05) is 18.2 Å². The maximum atomic E-state index is 12.0. The molecule has 0 spiro atoms. The number of hydrogen-bond acceptors (Lipinski definition) is 3. The normalized spacial score (nSPS) is 10.3. The van der Waals surface area contributed by atoms with E-state index >= 15 is 0 Å². The minimum Gasteiger partial charge on any atom is -0.352 e. The number of carbonyl (C=O) groups is 1. The summed E-state index contributed by atoms with van der Waals surface area (Å²) in [5.41, 5.74) is 2.13. The first-order chi connectivity index (χ1) is 11.1. The van der Waals surface area contributed by atoms with Crippen LogP contribution in [0.3, 0.4) is 0 Å². The van der Waals surface area contributed by atoms with Crippen molar-refractivity contribution in [3.63, 3.8) is 0 Å². The molecular weight excluding hydrogens is 292 g/mol. The fraction of sp³-hybridized carbons (Fsp3) is 0.278. The summed E-state index contributed by atoms with van der Waals surface area (Å²) in [5, 5.41) is 13.7. The fourth-order valence-corrected chi connectivity index (χ4v) is 2.35. The van der Waals surface area contributed by atoms with E-state index in [0.29, 0.717) is 17.7 Å². The number of rotatable bonds is 7. The molecule has 0 heterocycles. The Morgan fingerprint density at radius 1 is 1.13 bits per heavy atom. The lowest BCUT2D eigenvalue weighted by Gasteiger charge is -2.06. The lowest BCUT2D eigenvalue weighted by molar-refractivity contribution is -0.385. The summed E-state index contributed by atoms with van der Waals surface area (Å²) in [7, 11) is 0. The van der Waals surface area contributed by atoms with Gasteiger partial charge in [-0.2, -0.15) is 0 Å². The molecule has 5 nitrogen and oxygen atoms in total. The second-order valence-electron chi connectivity index (χ2n) is 5.46. The first-order valence-electron chi connectivity index (χ1n) is 7.65. The molecule has 0 saturated heterocycles. The van der Waals surface area contributed by atoms with Crippen molar-refractivity contribution in [2.45, 2.75) is 26.2 Å². The molecule has 2 aromatic carbocycles. The molecule has 0 saturated carbocycles. The van der Waals surface area contributed by atoms with Crippen molar-refractivity contribution in [2.24, 2.45) is 0 Å². The van der Waals surface area contributed by atoms with E-state index in [0.717, 1.165) is 19.3 Å². The lowest BCUT2D eigenvalue weighted by Crippen LogP contribution is -2.24. The third kappa shape index (κ3) is 4.92. The Morgan fingerprint density at radius 3 is 2.57 bits per heavy atom. The van der Waals surface area contributed by atoms with E-state index in [1.54, 1.807) is 19.1 Å². The number of nitro benzene ring substituents is 1. The van der Waals surface area contributed by atoms with Gasteiger partial charge in [-0.25, -0.2) is 0 Å². The van der Waals surface area contributed by atoms with Crippen molar-refractivity contribution in [3.05, 3.63) is 75.3 Å². The monoisotopic (exact) mass is 312 g/mol. The minimum absolute atomic E-state index is 0.0262. The smallest absolute Gasteiger partial charge is 0.273 e. The predicted octanol–water partition coefficient (Wildman–Crippen LogP) is 3.66. The molecule has 0 aromatic heterocycles. The van der Waals surface area contributed by atoms with Crippen molar-refractivity contribution < 1.29 is 9.72 Å². The van der Waals surface area contributed by atoms with Gasteiger partial charge in [-0.1, -0.05) is 36.4 Å². The SMILES string of the molecule is Cc1ccc(C(=O)NCCCCc2ccccc2)cc1[N+](=O)[O-]. The van der Waals surface area contributed by atoms with Crippen LogP contribution in [0.5, 0.6) is 0 Å². The number of benzene rings is 2. The zero-order chi connectivity index (χ0) is 16.7. The van der Waals surface area contributed by atoms with Crippen LogP contribution in [0.15, 0.2) is 48.5 Å². The van der Waals surface area contributed by atoms with Crippen LogP contribution in [0.1, 0.15) is 34.3 Å². The average molecular weight is 312 g/mol. The van der Waals surface area contributed by atoms with Gasteiger partial charge in [0.1, 0.15) is 0 Å². The number of nitro groups is 1. The van der Waals surface area contributed by atoms with Gasteiger partial charge in [0.25, 0.3) is 11.6 Å². The third-order valence-corrected chi connectivity index (χ3v) is 3.69. The highest BCUT2D eigenvalue weighted by molar-refractivity contribution is 5.94. The predicted molar refractivity (Wildman–Crippen MR) is 89.5 cm³/mol. The van der Waals surface area contributed by atoms with Crippen LogP contribution in [0.25, 0.3) is 0 Å². The lowest BCUT2D eigenvalue weighted by atomic mass is 10.1. The van der Waals surface area contributed by atoms with Gasteiger partial charge in [-0.3, -0.25) is 14.9 Å². The van der Waals surface area contributed by atoms with Crippen molar-refractivity contribution >= 4 is 11.6 Å². The zero-order valence-corrected chi connectivity index (χ0v) is 13.1. The fourth-order valence-electron chi connectivity index (χ4n) is 2.35. The number of unbranched alkanes of at least 4 members (excludes halogenated alkanes) is 1. The van der Waals surface area contributed by atoms with Crippen LogP contribution in [0.4, 0.5) is 5.69 Å². The zero-order valence-electron chi connectivity index (χ0n) is 13.1. The number of aryl methyl sites for hydroxylation is 2. The topological polar surface area (TPSA) is 72.2 Å². The second kappa shape index (κ2) is 8.08. The van der Waals surface area contributed by atoms with Crippen LogP contribution in [0.2, 0.25) is 0 Å². The number of hydrogen-bond donors (Lipinski definition) is 1. The standard InChI is InChI=1S/C18H20N2O3/c1-14-10-11-16(13-17(14)20(22)23)18(21)19-12-6-5-9-15-7-3-2-4-8-15/h2-4,7-8,10-11,13H,5-6,9,12H2,1H3,(H,19,21). The molecule has 1 amide bonds. The van der Waals surface area contributed by atoms with E-state index in [-0.39, 0.29) is 11.6 Å². The number of nitrogens with zero attached hydrogens (tertiary/aromatic N) is 1. The quantitative estimate of drug-likeness (QED) is 0.482. The van der Waals surface area contributed by atoms with Gasteiger partial charge < -0.3 is 5.32 Å². The summed E-state index contributed by atoms with van der Waals surface area (Å²) >= 11 is 0. The highest BCUT2D eigenvalue weighted by Crippen LogP contribution is 2.19. The first kappa shape index (κ1) is 16.7. The molecule has 0 unspecified atom stereocenters. The Morgan fingerprint density at radius 2 is 1.87 bits per heavy atom. The molecule has 23 heavy (non-hydrogen) atoms. The van der Waals surface area contributed by atoms with Crippen molar-refractivity contribution in [2.75, 3.05) is 6.54 Å². The molecule has 0 bridgehead atoms. The first-order valence-corrected chi connectivity index (χ1v) is 7.65. The molecule has 2 rings (SSSR count). The number of amides is 1. The van der Waals surface area contributed by atoms with Gasteiger partial charge in [0.15, 0.2) is 0 Å². The van der Waals surface area contributed by atoms with Crippen molar-refractivity contribution in [1.82, 2.24) is 5.32 Å². The number of carbonyl (C=O) groups excluding carboxylic acids is 1. The van der Waals surface area contributed by atoms with Crippen LogP contribution in [0, 0.1) is 17.0 Å². The second-order valence-corrected chi connectivity index (χ2v) is 5.46. The highest BCUT2D eigenvalue weighted by atomic mass is 16.6. The van der Waals surface area contributed by atoms with E-state index in [1.165, 1.54) is 11.6 Å². The van der Waals surface area contributed by atoms with Gasteiger partial charge in [0, 0.05) is 23.7 Å². The molecule has 0 atom stereocenters. The average Bonchev–Trinajstić information content (AvgIpc) is 2.55. The molecule has 0 radical (unpaired) electrons. The summed E-state index contributed by atoms with van der Waals surface area (Å²) in [6.07, 6.45) is 2.83. The van der Waals surface area contributed by atoms with Crippen molar-refractivity contribution in [3.8, 4) is 0 Å². The van der Waals surface area contributed by atoms with E-state index in [9.17, 15) is 14.9 Å². The molecule has 2 aromatic rings. The highest BCUT2D eigenvalue weighted by Gasteiger charge is 2.14. The van der Waals surface area contributed by atoms with Crippen LogP contribution >= 0.6 is 0 Å². The van der Waals surface area contributed by atoms with E-state index < -0.39 is 4.92 Å². The van der Waals surface area contributed by atoms with E-state index in [2.05, 4.69) is 17.4 Å².